The Morgan fingerprint density at radius 3 is 2.68 bits per heavy atom. The van der Waals surface area contributed by atoms with E-state index in [4.69, 9.17) is 9.97 Å². The van der Waals surface area contributed by atoms with Crippen LogP contribution in [0.25, 0.3) is 33.2 Å². The predicted molar refractivity (Wildman–Crippen MR) is 111 cm³/mol. The Labute approximate surface area is 162 Å². The van der Waals surface area contributed by atoms with Crippen molar-refractivity contribution < 1.29 is 5.11 Å². The highest BCUT2D eigenvalue weighted by atomic mass is 16.3. The molecule has 0 unspecified atom stereocenters. The van der Waals surface area contributed by atoms with Crippen molar-refractivity contribution in [3.05, 3.63) is 42.2 Å². The van der Waals surface area contributed by atoms with Crippen molar-refractivity contribution in [1.82, 2.24) is 25.1 Å². The number of aromatic hydroxyl groups is 1. The van der Waals surface area contributed by atoms with E-state index in [1.807, 2.05) is 32.3 Å². The number of benzene rings is 2. The van der Waals surface area contributed by atoms with Gasteiger partial charge < -0.3 is 15.3 Å². The van der Waals surface area contributed by atoms with E-state index >= 15 is 0 Å². The third kappa shape index (κ3) is 2.84. The van der Waals surface area contributed by atoms with Crippen LogP contribution in [0.3, 0.4) is 0 Å². The molecule has 2 aromatic heterocycles. The first-order valence-corrected chi connectivity index (χ1v) is 9.49. The summed E-state index contributed by atoms with van der Waals surface area (Å²) in [6.45, 7) is 6.00. The number of hydrogen-bond donors (Lipinski definition) is 2. The summed E-state index contributed by atoms with van der Waals surface area (Å²) in [5.74, 6) is 0.672. The second-order valence-corrected chi connectivity index (χ2v) is 7.30. The number of rotatable bonds is 2. The molecule has 5 rings (SSSR count). The minimum Gasteiger partial charge on any atom is -0.507 e. The Balaban J connectivity index is 1.60. The van der Waals surface area contributed by atoms with Gasteiger partial charge in [0.25, 0.3) is 0 Å². The molecule has 1 aliphatic rings. The van der Waals surface area contributed by atoms with E-state index in [0.717, 1.165) is 53.7 Å². The second-order valence-electron chi connectivity index (χ2n) is 7.30. The summed E-state index contributed by atoms with van der Waals surface area (Å²) in [5.41, 5.74) is 4.36. The van der Waals surface area contributed by atoms with E-state index in [1.54, 1.807) is 10.7 Å². The molecule has 4 aromatic rings. The van der Waals surface area contributed by atoms with Crippen LogP contribution in [0.1, 0.15) is 5.69 Å². The summed E-state index contributed by atoms with van der Waals surface area (Å²) in [4.78, 5) is 11.8. The molecule has 1 aliphatic heterocycles. The summed E-state index contributed by atoms with van der Waals surface area (Å²) in [7, 11) is 1.86. The second kappa shape index (κ2) is 6.45. The summed E-state index contributed by atoms with van der Waals surface area (Å²) in [6.07, 6.45) is 1.92. The Hall–Kier alpha value is -3.19. The smallest absolute Gasteiger partial charge is 0.163 e. The first-order chi connectivity index (χ1) is 13.6. The van der Waals surface area contributed by atoms with Gasteiger partial charge in [-0.25, -0.2) is 9.97 Å². The molecule has 7 heteroatoms. The number of anilines is 1. The van der Waals surface area contributed by atoms with E-state index in [2.05, 4.69) is 27.4 Å². The molecule has 0 aliphatic carbocycles. The zero-order chi connectivity index (χ0) is 19.3. The van der Waals surface area contributed by atoms with Crippen LogP contribution in [0.15, 0.2) is 36.5 Å². The summed E-state index contributed by atoms with van der Waals surface area (Å²) in [5, 5.41) is 20.2. The molecule has 2 aromatic carbocycles. The van der Waals surface area contributed by atoms with Gasteiger partial charge in [0.2, 0.25) is 0 Å². The molecule has 0 saturated carbocycles. The molecule has 1 saturated heterocycles. The molecular weight excluding hydrogens is 352 g/mol. The van der Waals surface area contributed by atoms with Crippen LogP contribution in [-0.4, -0.2) is 51.0 Å². The first kappa shape index (κ1) is 16.9. The number of piperazine rings is 1. The number of phenolic OH excluding ortho intramolecular Hbond substituents is 1. The van der Waals surface area contributed by atoms with Crippen LogP contribution < -0.4 is 10.2 Å². The lowest BCUT2D eigenvalue weighted by Gasteiger charge is -2.29. The highest BCUT2D eigenvalue weighted by Crippen LogP contribution is 2.33. The first-order valence-electron chi connectivity index (χ1n) is 9.49. The van der Waals surface area contributed by atoms with Crippen molar-refractivity contribution in [3.8, 4) is 17.1 Å². The molecule has 142 valence electrons. The van der Waals surface area contributed by atoms with Gasteiger partial charge in [-0.3, -0.25) is 4.68 Å². The molecule has 1 fully saturated rings. The van der Waals surface area contributed by atoms with Crippen LogP contribution in [0.2, 0.25) is 0 Å². The van der Waals surface area contributed by atoms with Crippen LogP contribution in [0.4, 0.5) is 5.69 Å². The summed E-state index contributed by atoms with van der Waals surface area (Å²) >= 11 is 0. The average Bonchev–Trinajstić information content (AvgIpc) is 3.06. The fourth-order valence-electron chi connectivity index (χ4n) is 3.87. The molecule has 0 atom stereocenters. The Bertz CT molecular complexity index is 1190. The fourth-order valence-corrected chi connectivity index (χ4v) is 3.87. The summed E-state index contributed by atoms with van der Waals surface area (Å²) in [6, 6.07) is 9.90. The van der Waals surface area contributed by atoms with Crippen LogP contribution in [0, 0.1) is 6.92 Å². The lowest BCUT2D eigenvalue weighted by Crippen LogP contribution is -2.43. The maximum absolute atomic E-state index is 10.5. The third-order valence-electron chi connectivity index (χ3n) is 5.33. The quantitative estimate of drug-likeness (QED) is 0.562. The third-order valence-corrected chi connectivity index (χ3v) is 5.33. The van der Waals surface area contributed by atoms with Crippen molar-refractivity contribution in [3.63, 3.8) is 0 Å². The van der Waals surface area contributed by atoms with Gasteiger partial charge >= 0.3 is 0 Å². The Morgan fingerprint density at radius 2 is 1.86 bits per heavy atom. The van der Waals surface area contributed by atoms with Crippen LogP contribution in [0.5, 0.6) is 5.75 Å². The molecular formula is C21H22N6O. The molecule has 0 radical (unpaired) electrons. The number of phenols is 1. The SMILES string of the molecule is Cc1nc(-c2cc3cn(C)nc3cc2O)nc2ccc(N3CCNCC3)cc12. The zero-order valence-corrected chi connectivity index (χ0v) is 16.0. The molecule has 7 nitrogen and oxygen atoms in total. The number of fused-ring (bicyclic) bond motifs is 2. The van der Waals surface area contributed by atoms with Gasteiger partial charge in [0.05, 0.1) is 16.6 Å². The topological polar surface area (TPSA) is 79.1 Å². The van der Waals surface area contributed by atoms with Gasteiger partial charge in [-0.2, -0.15) is 5.10 Å². The van der Waals surface area contributed by atoms with E-state index in [9.17, 15) is 5.11 Å². The predicted octanol–water partition coefficient (Wildman–Crippen LogP) is 2.61. The van der Waals surface area contributed by atoms with Gasteiger partial charge in [0.15, 0.2) is 5.82 Å². The summed E-state index contributed by atoms with van der Waals surface area (Å²) < 4.78 is 1.73. The van der Waals surface area contributed by atoms with E-state index in [1.165, 1.54) is 5.69 Å². The van der Waals surface area contributed by atoms with Gasteiger partial charge in [-0.1, -0.05) is 0 Å². The van der Waals surface area contributed by atoms with Gasteiger partial charge in [0, 0.05) is 67.6 Å². The van der Waals surface area contributed by atoms with Gasteiger partial charge in [-0.15, -0.1) is 0 Å². The highest BCUT2D eigenvalue weighted by Gasteiger charge is 2.15. The number of aromatic nitrogens is 4. The number of nitrogens with one attached hydrogen (secondary N) is 1. The molecule has 28 heavy (non-hydrogen) atoms. The molecule has 0 spiro atoms. The lowest BCUT2D eigenvalue weighted by atomic mass is 10.1. The maximum Gasteiger partial charge on any atom is 0.163 e. The minimum absolute atomic E-state index is 0.141. The normalized spacial score (nSPS) is 14.9. The number of aryl methyl sites for hydroxylation is 2. The fraction of sp³-hybridized carbons (Fsp3) is 0.286. The Kier molecular flexibility index (Phi) is 3.91. The van der Waals surface area contributed by atoms with Gasteiger partial charge in [0.1, 0.15) is 5.75 Å². The van der Waals surface area contributed by atoms with E-state index in [-0.39, 0.29) is 5.75 Å². The largest absolute Gasteiger partial charge is 0.507 e. The van der Waals surface area contributed by atoms with Crippen molar-refractivity contribution in [1.29, 1.82) is 0 Å². The number of nitrogens with zero attached hydrogens (tertiary/aromatic N) is 5. The standard InChI is InChI=1S/C21H22N6O/c1-13-16-10-15(27-7-5-22-6-8-27)3-4-18(16)24-21(23-13)17-9-14-12-26(2)25-19(14)11-20(17)28/h3-4,9-12,22,28H,5-8H2,1-2H3. The van der Waals surface area contributed by atoms with Crippen molar-refractivity contribution in [2.24, 2.45) is 7.05 Å². The lowest BCUT2D eigenvalue weighted by molar-refractivity contribution is 0.477. The molecule has 0 bridgehead atoms. The van der Waals surface area contributed by atoms with Crippen molar-refractivity contribution >= 4 is 27.5 Å². The molecule has 2 N–H and O–H groups in total. The molecule has 3 heterocycles. The van der Waals surface area contributed by atoms with E-state index < -0.39 is 0 Å². The highest BCUT2D eigenvalue weighted by molar-refractivity contribution is 5.89. The van der Waals surface area contributed by atoms with E-state index in [0.29, 0.717) is 11.4 Å². The maximum atomic E-state index is 10.5. The molecule has 0 amide bonds. The van der Waals surface area contributed by atoms with Crippen LogP contribution >= 0.6 is 0 Å². The number of hydrogen-bond acceptors (Lipinski definition) is 6. The monoisotopic (exact) mass is 374 g/mol. The van der Waals surface area contributed by atoms with Crippen molar-refractivity contribution in [2.45, 2.75) is 6.92 Å². The Morgan fingerprint density at radius 1 is 1.04 bits per heavy atom. The minimum atomic E-state index is 0.141. The van der Waals surface area contributed by atoms with Gasteiger partial charge in [-0.05, 0) is 31.2 Å². The van der Waals surface area contributed by atoms with Crippen LogP contribution in [-0.2, 0) is 7.05 Å². The van der Waals surface area contributed by atoms with Crippen molar-refractivity contribution in [2.75, 3.05) is 31.1 Å². The zero-order valence-electron chi connectivity index (χ0n) is 16.0. The average molecular weight is 374 g/mol.